The molecule has 0 saturated carbocycles. The molecule has 1 heterocycles. The van der Waals surface area contributed by atoms with Gasteiger partial charge < -0.3 is 10.1 Å². The molecule has 1 aromatic rings. The van der Waals surface area contributed by atoms with Gasteiger partial charge in [0.25, 0.3) is 0 Å². The Labute approximate surface area is 112 Å². The van der Waals surface area contributed by atoms with Crippen LogP contribution in [0.5, 0.6) is 0 Å². The van der Waals surface area contributed by atoms with E-state index in [0.717, 1.165) is 26.1 Å². The van der Waals surface area contributed by atoms with Crippen molar-refractivity contribution in [2.24, 2.45) is 0 Å². The molecule has 3 heteroatoms. The molecular weight excluding hydrogens is 278 g/mol. The Kier molecular flexibility index (Phi) is 4.23. The van der Waals surface area contributed by atoms with Gasteiger partial charge in [0.05, 0.1) is 5.60 Å². The number of nitrogens with one attached hydrogen (secondary N) is 1. The van der Waals surface area contributed by atoms with E-state index in [1.807, 2.05) is 0 Å². The average molecular weight is 298 g/mol. The Balaban J connectivity index is 1.85. The predicted molar refractivity (Wildman–Crippen MR) is 74.2 cm³/mol. The normalized spacial score (nSPS) is 24.2. The Bertz CT molecular complexity index is 386. The van der Waals surface area contributed by atoms with Gasteiger partial charge in [0.1, 0.15) is 0 Å². The molecule has 1 N–H and O–H groups in total. The van der Waals surface area contributed by atoms with E-state index in [2.05, 4.69) is 53.3 Å². The molecule has 0 amide bonds. The fourth-order valence-electron chi connectivity index (χ4n) is 2.23. The molecule has 1 atom stereocenters. The maximum absolute atomic E-state index is 5.75. The van der Waals surface area contributed by atoms with Gasteiger partial charge in [-0.3, -0.25) is 0 Å². The fourth-order valence-corrected chi connectivity index (χ4v) is 2.87. The average Bonchev–Trinajstić information content (AvgIpc) is 2.69. The van der Waals surface area contributed by atoms with E-state index in [9.17, 15) is 0 Å². The summed E-state index contributed by atoms with van der Waals surface area (Å²) in [6.07, 6.45) is 2.35. The molecule has 0 spiro atoms. The van der Waals surface area contributed by atoms with Crippen molar-refractivity contribution in [2.45, 2.75) is 38.8 Å². The number of rotatable bonds is 4. The molecular formula is C14H20BrNO. The number of aryl methyl sites for hydroxylation is 1. The monoisotopic (exact) mass is 297 g/mol. The van der Waals surface area contributed by atoms with Crippen molar-refractivity contribution < 1.29 is 4.74 Å². The van der Waals surface area contributed by atoms with Crippen LogP contribution in [0.15, 0.2) is 22.7 Å². The van der Waals surface area contributed by atoms with Crippen LogP contribution in [0.1, 0.15) is 30.9 Å². The van der Waals surface area contributed by atoms with E-state index in [0.29, 0.717) is 0 Å². The molecule has 2 nitrogen and oxygen atoms in total. The molecule has 1 saturated heterocycles. The molecule has 0 radical (unpaired) electrons. The van der Waals surface area contributed by atoms with Crippen LogP contribution in [0.25, 0.3) is 0 Å². The number of benzene rings is 1. The zero-order valence-electron chi connectivity index (χ0n) is 10.6. The van der Waals surface area contributed by atoms with Crippen LogP contribution in [-0.4, -0.2) is 18.8 Å². The molecule has 1 aliphatic rings. The summed E-state index contributed by atoms with van der Waals surface area (Å²) >= 11 is 3.60. The Morgan fingerprint density at radius 3 is 2.94 bits per heavy atom. The number of halogens is 1. The van der Waals surface area contributed by atoms with Gasteiger partial charge in [-0.2, -0.15) is 0 Å². The van der Waals surface area contributed by atoms with Crippen LogP contribution >= 0.6 is 15.9 Å². The minimum absolute atomic E-state index is 0.0389. The summed E-state index contributed by atoms with van der Waals surface area (Å²) in [7, 11) is 0. The molecule has 1 aromatic carbocycles. The standard InChI is InChI=1S/C14H20BrNO/c1-11-4-5-12(13(15)8-11)9-16-10-14(2)6-3-7-17-14/h4-5,8,16H,3,6-7,9-10H2,1-2H3. The summed E-state index contributed by atoms with van der Waals surface area (Å²) in [5.41, 5.74) is 2.63. The van der Waals surface area contributed by atoms with E-state index in [1.54, 1.807) is 0 Å². The van der Waals surface area contributed by atoms with E-state index in [-0.39, 0.29) is 5.60 Å². The zero-order chi connectivity index (χ0) is 12.3. The molecule has 0 aromatic heterocycles. The summed E-state index contributed by atoms with van der Waals surface area (Å²) in [5, 5.41) is 3.49. The first-order valence-electron chi connectivity index (χ1n) is 6.19. The number of ether oxygens (including phenoxy) is 1. The number of hydrogen-bond donors (Lipinski definition) is 1. The highest BCUT2D eigenvalue weighted by molar-refractivity contribution is 9.10. The van der Waals surface area contributed by atoms with Gasteiger partial charge in [0, 0.05) is 24.2 Å². The maximum Gasteiger partial charge on any atom is 0.0779 e. The highest BCUT2D eigenvalue weighted by atomic mass is 79.9. The molecule has 0 aliphatic carbocycles. The van der Waals surface area contributed by atoms with Crippen molar-refractivity contribution in [3.05, 3.63) is 33.8 Å². The highest BCUT2D eigenvalue weighted by Crippen LogP contribution is 2.24. The third kappa shape index (κ3) is 3.54. The second kappa shape index (κ2) is 5.51. The van der Waals surface area contributed by atoms with Crippen LogP contribution < -0.4 is 5.32 Å². The Morgan fingerprint density at radius 2 is 2.29 bits per heavy atom. The van der Waals surface area contributed by atoms with E-state index in [4.69, 9.17) is 4.74 Å². The lowest BCUT2D eigenvalue weighted by molar-refractivity contribution is 0.0206. The highest BCUT2D eigenvalue weighted by Gasteiger charge is 2.28. The second-order valence-corrected chi connectivity index (χ2v) is 5.95. The van der Waals surface area contributed by atoms with Crippen molar-refractivity contribution in [1.29, 1.82) is 0 Å². The van der Waals surface area contributed by atoms with Crippen molar-refractivity contribution in [3.63, 3.8) is 0 Å². The van der Waals surface area contributed by atoms with Gasteiger partial charge in [-0.1, -0.05) is 28.1 Å². The molecule has 1 unspecified atom stereocenters. The van der Waals surface area contributed by atoms with Gasteiger partial charge in [-0.25, -0.2) is 0 Å². The lowest BCUT2D eigenvalue weighted by Gasteiger charge is -2.23. The maximum atomic E-state index is 5.75. The fraction of sp³-hybridized carbons (Fsp3) is 0.571. The Hall–Kier alpha value is -0.380. The summed E-state index contributed by atoms with van der Waals surface area (Å²) in [4.78, 5) is 0. The van der Waals surface area contributed by atoms with Crippen LogP contribution in [0, 0.1) is 6.92 Å². The van der Waals surface area contributed by atoms with Gasteiger partial charge in [0.15, 0.2) is 0 Å². The number of hydrogen-bond acceptors (Lipinski definition) is 2. The second-order valence-electron chi connectivity index (χ2n) is 5.10. The van der Waals surface area contributed by atoms with E-state index in [1.165, 1.54) is 22.0 Å². The first kappa shape index (κ1) is 13.1. The largest absolute Gasteiger partial charge is 0.374 e. The molecule has 1 aliphatic heterocycles. The van der Waals surface area contributed by atoms with Crippen molar-refractivity contribution in [1.82, 2.24) is 5.32 Å². The lowest BCUT2D eigenvalue weighted by Crippen LogP contribution is -2.36. The van der Waals surface area contributed by atoms with Gasteiger partial charge in [0.2, 0.25) is 0 Å². The summed E-state index contributed by atoms with van der Waals surface area (Å²) in [6, 6.07) is 6.48. The van der Waals surface area contributed by atoms with Crippen LogP contribution in [0.2, 0.25) is 0 Å². The van der Waals surface area contributed by atoms with Crippen LogP contribution in [-0.2, 0) is 11.3 Å². The molecule has 2 rings (SSSR count). The van der Waals surface area contributed by atoms with Gasteiger partial charge >= 0.3 is 0 Å². The van der Waals surface area contributed by atoms with Crippen molar-refractivity contribution in [3.8, 4) is 0 Å². The van der Waals surface area contributed by atoms with E-state index < -0.39 is 0 Å². The summed E-state index contributed by atoms with van der Waals surface area (Å²) in [5.74, 6) is 0. The molecule has 94 valence electrons. The SMILES string of the molecule is Cc1ccc(CNCC2(C)CCCO2)c(Br)c1. The van der Waals surface area contributed by atoms with Crippen LogP contribution in [0.3, 0.4) is 0 Å². The first-order chi connectivity index (χ1) is 8.09. The summed E-state index contributed by atoms with van der Waals surface area (Å²) in [6.45, 7) is 7.02. The van der Waals surface area contributed by atoms with Crippen molar-refractivity contribution in [2.75, 3.05) is 13.2 Å². The van der Waals surface area contributed by atoms with Gasteiger partial charge in [-0.15, -0.1) is 0 Å². The zero-order valence-corrected chi connectivity index (χ0v) is 12.1. The summed E-state index contributed by atoms with van der Waals surface area (Å²) < 4.78 is 6.94. The quantitative estimate of drug-likeness (QED) is 0.919. The van der Waals surface area contributed by atoms with Gasteiger partial charge in [-0.05, 0) is 43.9 Å². The molecule has 0 bridgehead atoms. The minimum Gasteiger partial charge on any atom is -0.374 e. The molecule has 17 heavy (non-hydrogen) atoms. The Morgan fingerprint density at radius 1 is 1.47 bits per heavy atom. The van der Waals surface area contributed by atoms with Crippen LogP contribution in [0.4, 0.5) is 0 Å². The van der Waals surface area contributed by atoms with E-state index >= 15 is 0 Å². The molecule has 1 fully saturated rings. The first-order valence-corrected chi connectivity index (χ1v) is 6.98. The van der Waals surface area contributed by atoms with Crippen molar-refractivity contribution >= 4 is 15.9 Å². The topological polar surface area (TPSA) is 21.3 Å². The predicted octanol–water partition coefficient (Wildman–Crippen LogP) is 3.42. The lowest BCUT2D eigenvalue weighted by atomic mass is 10.0. The third-order valence-corrected chi connectivity index (χ3v) is 4.06. The minimum atomic E-state index is 0.0389. The third-order valence-electron chi connectivity index (χ3n) is 3.32. The smallest absolute Gasteiger partial charge is 0.0779 e.